The molecule has 10 heteroatoms. The molecule has 0 amide bonds. The van der Waals surface area contributed by atoms with E-state index in [4.69, 9.17) is 9.47 Å². The normalized spacial score (nSPS) is 16.9. The van der Waals surface area contributed by atoms with Gasteiger partial charge in [0.2, 0.25) is 21.9 Å². The van der Waals surface area contributed by atoms with E-state index in [2.05, 4.69) is 26.8 Å². The van der Waals surface area contributed by atoms with Crippen LogP contribution in [0.1, 0.15) is 32.6 Å². The van der Waals surface area contributed by atoms with Crippen LogP contribution in [0.4, 0.5) is 5.95 Å². The Morgan fingerprint density at radius 2 is 2.00 bits per heavy atom. The SMILES string of the molecule is COc1ncccc1-c1cn2c(NS(C)(=O)=O)nnc2cc1OC=C1CCC(C)CC1. The molecule has 31 heavy (non-hydrogen) atoms. The summed E-state index contributed by atoms with van der Waals surface area (Å²) in [6.45, 7) is 2.27. The van der Waals surface area contributed by atoms with Gasteiger partial charge >= 0.3 is 0 Å². The summed E-state index contributed by atoms with van der Waals surface area (Å²) in [5.74, 6) is 1.81. The van der Waals surface area contributed by atoms with Crippen molar-refractivity contribution < 1.29 is 17.9 Å². The Labute approximate surface area is 181 Å². The number of pyridine rings is 2. The summed E-state index contributed by atoms with van der Waals surface area (Å²) in [6, 6.07) is 5.39. The molecular weight excluding hydrogens is 418 g/mol. The number of hydrogen-bond donors (Lipinski definition) is 1. The fourth-order valence-electron chi connectivity index (χ4n) is 3.61. The predicted octanol–water partition coefficient (Wildman–Crippen LogP) is 3.64. The summed E-state index contributed by atoms with van der Waals surface area (Å²) in [5.41, 5.74) is 3.10. The van der Waals surface area contributed by atoms with Gasteiger partial charge in [0.05, 0.1) is 19.6 Å². The van der Waals surface area contributed by atoms with Crippen LogP contribution in [-0.2, 0) is 10.0 Å². The predicted molar refractivity (Wildman–Crippen MR) is 118 cm³/mol. The number of rotatable bonds is 6. The van der Waals surface area contributed by atoms with E-state index in [0.29, 0.717) is 28.4 Å². The molecular formula is C21H25N5O4S. The van der Waals surface area contributed by atoms with Gasteiger partial charge in [-0.15, -0.1) is 10.2 Å². The monoisotopic (exact) mass is 443 g/mol. The van der Waals surface area contributed by atoms with E-state index in [1.165, 1.54) is 5.57 Å². The third kappa shape index (κ3) is 4.79. The summed E-state index contributed by atoms with van der Waals surface area (Å²) in [5, 5.41) is 8.05. The molecule has 0 bridgehead atoms. The van der Waals surface area contributed by atoms with E-state index in [1.54, 1.807) is 36.0 Å². The summed E-state index contributed by atoms with van der Waals surface area (Å²) in [6.07, 6.45) is 10.6. The van der Waals surface area contributed by atoms with Gasteiger partial charge in [-0.1, -0.05) is 6.92 Å². The van der Waals surface area contributed by atoms with Crippen LogP contribution in [0.3, 0.4) is 0 Å². The van der Waals surface area contributed by atoms with Crippen molar-refractivity contribution in [2.45, 2.75) is 32.6 Å². The van der Waals surface area contributed by atoms with Crippen molar-refractivity contribution in [3.63, 3.8) is 0 Å². The minimum Gasteiger partial charge on any atom is -0.481 e. The summed E-state index contributed by atoms with van der Waals surface area (Å²) in [4.78, 5) is 4.28. The van der Waals surface area contributed by atoms with E-state index in [9.17, 15) is 8.42 Å². The van der Waals surface area contributed by atoms with Crippen molar-refractivity contribution in [2.24, 2.45) is 5.92 Å². The van der Waals surface area contributed by atoms with Crippen LogP contribution in [-0.4, -0.2) is 41.4 Å². The van der Waals surface area contributed by atoms with Gasteiger partial charge in [0.15, 0.2) is 5.65 Å². The van der Waals surface area contributed by atoms with Gasteiger partial charge in [-0.05, 0) is 49.3 Å². The van der Waals surface area contributed by atoms with E-state index in [1.807, 2.05) is 12.3 Å². The van der Waals surface area contributed by atoms with Gasteiger partial charge in [0.1, 0.15) is 5.75 Å². The number of ether oxygens (including phenoxy) is 2. The molecule has 0 unspecified atom stereocenters. The maximum Gasteiger partial charge on any atom is 0.242 e. The smallest absolute Gasteiger partial charge is 0.242 e. The zero-order chi connectivity index (χ0) is 22.0. The van der Waals surface area contributed by atoms with Crippen molar-refractivity contribution in [1.82, 2.24) is 19.6 Å². The quantitative estimate of drug-likeness (QED) is 0.580. The maximum atomic E-state index is 11.7. The second-order valence-corrected chi connectivity index (χ2v) is 9.56. The van der Waals surface area contributed by atoms with E-state index in [0.717, 1.165) is 37.9 Å². The molecule has 4 rings (SSSR count). The lowest BCUT2D eigenvalue weighted by Crippen LogP contribution is -2.12. The highest BCUT2D eigenvalue weighted by Gasteiger charge is 2.19. The first-order valence-corrected chi connectivity index (χ1v) is 11.9. The van der Waals surface area contributed by atoms with Crippen LogP contribution < -0.4 is 14.2 Å². The van der Waals surface area contributed by atoms with Crippen molar-refractivity contribution in [1.29, 1.82) is 0 Å². The van der Waals surface area contributed by atoms with Crippen LogP contribution in [0, 0.1) is 5.92 Å². The van der Waals surface area contributed by atoms with Gasteiger partial charge in [0.25, 0.3) is 0 Å². The van der Waals surface area contributed by atoms with Crippen LogP contribution >= 0.6 is 0 Å². The molecule has 0 radical (unpaired) electrons. The minimum absolute atomic E-state index is 0.0905. The van der Waals surface area contributed by atoms with Gasteiger partial charge in [-0.2, -0.15) is 0 Å². The van der Waals surface area contributed by atoms with Gasteiger partial charge in [0, 0.05) is 29.6 Å². The third-order valence-corrected chi connectivity index (χ3v) is 5.86. The standard InChI is InChI=1S/C21H25N5O4S/c1-14-6-8-15(9-7-14)13-30-18-11-19-23-24-21(25-31(3,27)28)26(19)12-17(18)16-5-4-10-22-20(16)29-2/h4-5,10-14H,6-9H2,1-3H3,(H,24,25). The lowest BCUT2D eigenvalue weighted by atomic mass is 9.88. The van der Waals surface area contributed by atoms with Crippen molar-refractivity contribution in [3.05, 3.63) is 42.4 Å². The molecule has 0 atom stereocenters. The Balaban J connectivity index is 1.81. The Morgan fingerprint density at radius 3 is 2.71 bits per heavy atom. The number of anilines is 1. The minimum atomic E-state index is -3.52. The maximum absolute atomic E-state index is 11.7. The Kier molecular flexibility index (Phi) is 5.81. The lowest BCUT2D eigenvalue weighted by Gasteiger charge is -2.20. The first-order chi connectivity index (χ1) is 14.8. The summed E-state index contributed by atoms with van der Waals surface area (Å²) >= 11 is 0. The second kappa shape index (κ2) is 8.54. The largest absolute Gasteiger partial charge is 0.481 e. The molecule has 1 aliphatic carbocycles. The summed E-state index contributed by atoms with van der Waals surface area (Å²) < 4.78 is 38.9. The first kappa shape index (κ1) is 21.1. The number of nitrogens with one attached hydrogen (secondary N) is 1. The zero-order valence-corrected chi connectivity index (χ0v) is 18.5. The Hall–Kier alpha value is -3.14. The Bertz CT molecular complexity index is 1230. The molecule has 164 valence electrons. The van der Waals surface area contributed by atoms with E-state index >= 15 is 0 Å². The highest BCUT2D eigenvalue weighted by atomic mass is 32.2. The van der Waals surface area contributed by atoms with E-state index < -0.39 is 10.0 Å². The molecule has 0 spiro atoms. The lowest BCUT2D eigenvalue weighted by molar-refractivity contribution is 0.398. The summed E-state index contributed by atoms with van der Waals surface area (Å²) in [7, 11) is -1.97. The topological polar surface area (TPSA) is 108 Å². The molecule has 0 aliphatic heterocycles. The fraction of sp³-hybridized carbons (Fsp3) is 0.381. The molecule has 1 aliphatic rings. The molecule has 1 saturated carbocycles. The highest BCUT2D eigenvalue weighted by molar-refractivity contribution is 7.92. The zero-order valence-electron chi connectivity index (χ0n) is 17.7. The second-order valence-electron chi connectivity index (χ2n) is 7.81. The number of allylic oxidation sites excluding steroid dienone is 1. The molecule has 3 heterocycles. The number of aromatic nitrogens is 4. The van der Waals surface area contributed by atoms with Crippen molar-refractivity contribution in [2.75, 3.05) is 18.1 Å². The molecule has 9 nitrogen and oxygen atoms in total. The average molecular weight is 444 g/mol. The number of hydrogen-bond acceptors (Lipinski definition) is 7. The van der Waals surface area contributed by atoms with E-state index in [-0.39, 0.29) is 5.95 Å². The molecule has 0 aromatic carbocycles. The van der Waals surface area contributed by atoms with Crippen LogP contribution in [0.25, 0.3) is 16.8 Å². The van der Waals surface area contributed by atoms with Gasteiger partial charge in [-0.3, -0.25) is 9.12 Å². The molecule has 1 fully saturated rings. The van der Waals surface area contributed by atoms with Gasteiger partial charge in [-0.25, -0.2) is 13.4 Å². The van der Waals surface area contributed by atoms with Crippen LogP contribution in [0.15, 0.2) is 42.4 Å². The first-order valence-electron chi connectivity index (χ1n) is 10.0. The van der Waals surface area contributed by atoms with Crippen LogP contribution in [0.5, 0.6) is 11.6 Å². The third-order valence-electron chi connectivity index (χ3n) is 5.31. The highest BCUT2D eigenvalue weighted by Crippen LogP contribution is 2.37. The van der Waals surface area contributed by atoms with Crippen molar-refractivity contribution in [3.8, 4) is 22.8 Å². The number of methoxy groups -OCH3 is 1. The number of fused-ring (bicyclic) bond motifs is 1. The number of nitrogens with zero attached hydrogens (tertiary/aromatic N) is 4. The number of sulfonamides is 1. The molecule has 3 aromatic rings. The Morgan fingerprint density at radius 1 is 1.23 bits per heavy atom. The molecule has 1 N–H and O–H groups in total. The van der Waals surface area contributed by atoms with Gasteiger partial charge < -0.3 is 9.47 Å². The fourth-order valence-corrected chi connectivity index (χ4v) is 4.08. The molecule has 0 saturated heterocycles. The average Bonchev–Trinajstić information content (AvgIpc) is 3.12. The van der Waals surface area contributed by atoms with Crippen LogP contribution in [0.2, 0.25) is 0 Å². The molecule has 3 aromatic heterocycles. The van der Waals surface area contributed by atoms with Crippen molar-refractivity contribution >= 4 is 21.6 Å².